The number of nitrogens with one attached hydrogen (secondary N) is 1. The molecule has 2 fully saturated rings. The Balaban J connectivity index is 1.73. The van der Waals surface area contributed by atoms with Crippen molar-refractivity contribution in [2.45, 2.75) is 31.8 Å². The van der Waals surface area contributed by atoms with E-state index in [-0.39, 0.29) is 11.9 Å². The quantitative estimate of drug-likeness (QED) is 0.799. The Morgan fingerprint density at radius 2 is 1.57 bits per heavy atom. The van der Waals surface area contributed by atoms with Crippen LogP contribution in [-0.4, -0.2) is 24.5 Å². The number of hydrogen-bond acceptors (Lipinski definition) is 5. The van der Waals surface area contributed by atoms with E-state index < -0.39 is 22.2 Å². The molecule has 150 valence electrons. The van der Waals surface area contributed by atoms with Crippen molar-refractivity contribution >= 4 is 5.84 Å². The Morgan fingerprint density at radius 3 is 2.00 bits per heavy atom. The van der Waals surface area contributed by atoms with Crippen molar-refractivity contribution in [3.05, 3.63) is 71.8 Å². The zero-order chi connectivity index (χ0) is 21.0. The molecule has 0 radical (unpaired) electrons. The summed E-state index contributed by atoms with van der Waals surface area (Å²) in [6.45, 7) is 2.22. The van der Waals surface area contributed by atoms with Gasteiger partial charge >= 0.3 is 5.91 Å². The lowest BCUT2D eigenvalue weighted by molar-refractivity contribution is -0.680. The summed E-state index contributed by atoms with van der Waals surface area (Å²) < 4.78 is 12.3. The van der Waals surface area contributed by atoms with Gasteiger partial charge in [-0.25, -0.2) is 4.99 Å². The third-order valence-electron chi connectivity index (χ3n) is 7.05. The number of benzene rings is 2. The van der Waals surface area contributed by atoms with Gasteiger partial charge in [0.2, 0.25) is 0 Å². The molecule has 2 aromatic rings. The van der Waals surface area contributed by atoms with Crippen molar-refractivity contribution in [1.82, 2.24) is 0 Å². The second-order valence-electron chi connectivity index (χ2n) is 8.53. The standard InChI is InChI=1S/C24H22N4O2/c1-17-14-29-24(30-17)23(16-26)21(12-18-8-4-2-5-9-18,13-19-10-6-3-7-11-19)22(23,15-25)20(27)28-24/h2-11,17H,12-14H2,1H3,(H2,27,28)/p+1/t17-,22+,23-,24-/m1/s1. The smallest absolute Gasteiger partial charge is 0.311 e. The van der Waals surface area contributed by atoms with Crippen LogP contribution in [-0.2, 0) is 22.3 Å². The molecule has 3 N–H and O–H groups in total. The van der Waals surface area contributed by atoms with E-state index in [0.29, 0.717) is 19.4 Å². The average molecular weight is 399 g/mol. The van der Waals surface area contributed by atoms with Gasteiger partial charge in [-0.05, 0) is 30.9 Å². The summed E-state index contributed by atoms with van der Waals surface area (Å²) in [7, 11) is 0. The van der Waals surface area contributed by atoms with E-state index in [2.05, 4.69) is 17.1 Å². The Hall–Kier alpha value is -3.19. The Morgan fingerprint density at radius 1 is 1.00 bits per heavy atom. The fourth-order valence-corrected chi connectivity index (χ4v) is 5.92. The van der Waals surface area contributed by atoms with Crippen molar-refractivity contribution in [2.75, 3.05) is 6.61 Å². The first-order chi connectivity index (χ1) is 14.5. The molecule has 6 nitrogen and oxygen atoms in total. The molecular formula is C24H23N4O2+. The molecule has 0 aromatic heterocycles. The van der Waals surface area contributed by atoms with Crippen LogP contribution in [0.2, 0.25) is 0 Å². The molecule has 0 unspecified atom stereocenters. The predicted molar refractivity (Wildman–Crippen MR) is 108 cm³/mol. The molecule has 2 heterocycles. The summed E-state index contributed by atoms with van der Waals surface area (Å²) in [6.07, 6.45) is 0.807. The summed E-state index contributed by atoms with van der Waals surface area (Å²) in [6, 6.07) is 24.8. The highest BCUT2D eigenvalue weighted by molar-refractivity contribution is 5.95. The van der Waals surface area contributed by atoms with Crippen molar-refractivity contribution in [1.29, 1.82) is 10.5 Å². The minimum atomic E-state index is -1.43. The highest BCUT2D eigenvalue weighted by Gasteiger charge is 3.04. The van der Waals surface area contributed by atoms with Crippen LogP contribution in [0.3, 0.4) is 0 Å². The molecule has 0 bridgehead atoms. The maximum Gasteiger partial charge on any atom is 0.343 e. The number of nitriles is 2. The van der Waals surface area contributed by atoms with Gasteiger partial charge in [-0.2, -0.15) is 10.5 Å². The molecule has 1 saturated heterocycles. The Labute approximate surface area is 175 Å². The second-order valence-corrected chi connectivity index (χ2v) is 8.53. The number of amidine groups is 1. The van der Waals surface area contributed by atoms with E-state index in [0.717, 1.165) is 11.1 Å². The molecule has 0 amide bonds. The van der Waals surface area contributed by atoms with E-state index in [1.807, 2.05) is 67.6 Å². The SMILES string of the molecule is C[C@@H]1CO[C@@]2([NH+]=C(N)[C@@]3(C#N)C(Cc4ccccc4)(Cc4ccccc4)[C@@]23C#N)O1. The maximum absolute atomic E-state index is 10.6. The van der Waals surface area contributed by atoms with Crippen LogP contribution >= 0.6 is 0 Å². The van der Waals surface area contributed by atoms with Crippen LogP contribution in [0.15, 0.2) is 60.7 Å². The Bertz CT molecular complexity index is 1060. The summed E-state index contributed by atoms with van der Waals surface area (Å²) in [4.78, 5) is 3.07. The lowest BCUT2D eigenvalue weighted by atomic mass is 9.79. The molecule has 30 heavy (non-hydrogen) atoms. The second kappa shape index (κ2) is 6.15. The molecule has 2 aliphatic heterocycles. The molecule has 2 aromatic carbocycles. The zero-order valence-corrected chi connectivity index (χ0v) is 16.8. The lowest BCUT2D eigenvalue weighted by Crippen LogP contribution is -2.90. The highest BCUT2D eigenvalue weighted by Crippen LogP contribution is 2.84. The molecule has 6 heteroatoms. The molecule has 4 atom stereocenters. The zero-order valence-electron chi connectivity index (χ0n) is 16.8. The highest BCUT2D eigenvalue weighted by atomic mass is 16.8. The minimum Gasteiger partial charge on any atom is -0.311 e. The van der Waals surface area contributed by atoms with Gasteiger partial charge in [-0.3, -0.25) is 5.73 Å². The lowest BCUT2D eigenvalue weighted by Gasteiger charge is -2.30. The third kappa shape index (κ3) is 1.96. The predicted octanol–water partition coefficient (Wildman–Crippen LogP) is 1.03. The van der Waals surface area contributed by atoms with Gasteiger partial charge in [0, 0.05) is 5.41 Å². The topological polar surface area (TPSA) is 106 Å². The van der Waals surface area contributed by atoms with Crippen LogP contribution in [0.25, 0.3) is 0 Å². The van der Waals surface area contributed by atoms with E-state index in [1.165, 1.54) is 0 Å². The van der Waals surface area contributed by atoms with Crippen LogP contribution < -0.4 is 10.7 Å². The minimum absolute atomic E-state index is 0.211. The first-order valence-corrected chi connectivity index (χ1v) is 10.1. The van der Waals surface area contributed by atoms with E-state index in [1.54, 1.807) is 0 Å². The molecule has 5 rings (SSSR count). The number of nitrogens with zero attached hydrogens (tertiary/aromatic N) is 2. The summed E-state index contributed by atoms with van der Waals surface area (Å²) in [5.41, 5.74) is 5.26. The summed E-state index contributed by atoms with van der Waals surface area (Å²) in [5.74, 6) is -1.17. The first-order valence-electron chi connectivity index (χ1n) is 10.1. The number of ether oxygens (including phenoxy) is 2. The van der Waals surface area contributed by atoms with Gasteiger partial charge in [-0.15, -0.1) is 0 Å². The number of fused-ring (bicyclic) bond motifs is 2. The van der Waals surface area contributed by atoms with Gasteiger partial charge < -0.3 is 9.47 Å². The summed E-state index contributed by atoms with van der Waals surface area (Å²) >= 11 is 0. The van der Waals surface area contributed by atoms with Crippen LogP contribution in [0.1, 0.15) is 18.1 Å². The van der Waals surface area contributed by atoms with Gasteiger partial charge in [0.15, 0.2) is 10.8 Å². The molecular weight excluding hydrogens is 376 g/mol. The average Bonchev–Trinajstić information content (AvgIpc) is 2.92. The van der Waals surface area contributed by atoms with Crippen LogP contribution in [0, 0.1) is 38.9 Å². The number of hydrogen-bond donors (Lipinski definition) is 2. The van der Waals surface area contributed by atoms with E-state index in [4.69, 9.17) is 15.2 Å². The molecule has 1 saturated carbocycles. The fourth-order valence-electron chi connectivity index (χ4n) is 5.92. The largest absolute Gasteiger partial charge is 0.343 e. The molecule has 1 aliphatic carbocycles. The van der Waals surface area contributed by atoms with Crippen molar-refractivity contribution in [3.8, 4) is 12.1 Å². The van der Waals surface area contributed by atoms with E-state index >= 15 is 0 Å². The van der Waals surface area contributed by atoms with Crippen molar-refractivity contribution in [2.24, 2.45) is 22.0 Å². The maximum atomic E-state index is 10.6. The third-order valence-corrected chi connectivity index (χ3v) is 7.05. The molecule has 3 aliphatic rings. The number of nitrogens with two attached hydrogens (primary N) is 1. The monoisotopic (exact) mass is 399 g/mol. The van der Waals surface area contributed by atoms with Gasteiger partial charge in [-0.1, -0.05) is 60.7 Å². The van der Waals surface area contributed by atoms with Gasteiger partial charge in [0.25, 0.3) is 5.84 Å². The van der Waals surface area contributed by atoms with Gasteiger partial charge in [0.05, 0.1) is 24.8 Å². The fraction of sp³-hybridized carbons (Fsp3) is 0.375. The summed E-state index contributed by atoms with van der Waals surface area (Å²) in [5, 5.41) is 21.1. The van der Waals surface area contributed by atoms with Crippen LogP contribution in [0.5, 0.6) is 0 Å². The Kier molecular flexibility index (Phi) is 3.86. The first kappa shape index (κ1) is 18.8. The van der Waals surface area contributed by atoms with Gasteiger partial charge in [0.1, 0.15) is 0 Å². The number of rotatable bonds is 4. The normalized spacial score (nSPS) is 35.3. The molecule has 1 spiro atoms. The van der Waals surface area contributed by atoms with Crippen molar-refractivity contribution in [3.63, 3.8) is 0 Å². The van der Waals surface area contributed by atoms with E-state index in [9.17, 15) is 10.5 Å². The van der Waals surface area contributed by atoms with Crippen molar-refractivity contribution < 1.29 is 14.5 Å². The van der Waals surface area contributed by atoms with Crippen LogP contribution in [0.4, 0.5) is 0 Å².